The molecule has 0 aliphatic carbocycles. The Bertz CT molecular complexity index is 255. The third kappa shape index (κ3) is 3.98. The summed E-state index contributed by atoms with van der Waals surface area (Å²) in [4.78, 5) is 0. The molecule has 12 heavy (non-hydrogen) atoms. The van der Waals surface area contributed by atoms with Gasteiger partial charge in [0.05, 0.1) is 5.69 Å². The van der Waals surface area contributed by atoms with Gasteiger partial charge in [0.15, 0.2) is 0 Å². The number of halogens is 1. The minimum atomic E-state index is 0. The Morgan fingerprint density at radius 2 is 1.83 bits per heavy atom. The predicted octanol–water partition coefficient (Wildman–Crippen LogP) is -0.517. The molecule has 0 spiro atoms. The maximum atomic E-state index is 5.73. The standard InChI is InChI=1S/C7H6ClNS2.K/c8-9(7(10)11)6-4-2-1-3-5-6;/h1-5H,(H,10,11);/q;+1/p-1. The fourth-order valence-corrected chi connectivity index (χ4v) is 0.988. The molecule has 0 aliphatic rings. The van der Waals surface area contributed by atoms with Gasteiger partial charge < -0.3 is 24.8 Å². The van der Waals surface area contributed by atoms with Crippen LogP contribution in [0.15, 0.2) is 30.3 Å². The fourth-order valence-electron chi connectivity index (χ4n) is 0.664. The number of anilines is 1. The molecule has 1 nitrogen and oxygen atoms in total. The second-order valence-corrected chi connectivity index (χ2v) is 3.25. The van der Waals surface area contributed by atoms with Crippen LogP contribution >= 0.6 is 24.0 Å². The molecule has 5 heteroatoms. The number of thiocarbonyl (C=S) groups is 1. The van der Waals surface area contributed by atoms with Crippen molar-refractivity contribution >= 4 is 46.6 Å². The first-order chi connectivity index (χ1) is 5.22. The molecule has 0 aliphatic heterocycles. The van der Waals surface area contributed by atoms with Crippen LogP contribution in [-0.2, 0) is 12.6 Å². The van der Waals surface area contributed by atoms with Crippen molar-refractivity contribution in [2.45, 2.75) is 0 Å². The molecule has 0 saturated carbocycles. The Balaban J connectivity index is 0.00000121. The van der Waals surface area contributed by atoms with Gasteiger partial charge in [-0.1, -0.05) is 18.2 Å². The minimum Gasteiger partial charge on any atom is -0.410 e. The van der Waals surface area contributed by atoms with Crippen LogP contribution in [0.5, 0.6) is 0 Å². The molecule has 0 N–H and O–H groups in total. The first-order valence-corrected chi connectivity index (χ1v) is 4.09. The zero-order valence-corrected chi connectivity index (χ0v) is 12.0. The number of hydrogen-bond acceptors (Lipinski definition) is 2. The Morgan fingerprint density at radius 3 is 2.25 bits per heavy atom. The van der Waals surface area contributed by atoms with E-state index in [1.807, 2.05) is 30.3 Å². The van der Waals surface area contributed by atoms with Gasteiger partial charge in [-0.2, -0.15) is 0 Å². The number of para-hydroxylation sites is 1. The molecule has 0 atom stereocenters. The number of nitrogens with zero attached hydrogens (tertiary/aromatic N) is 1. The van der Waals surface area contributed by atoms with Crippen molar-refractivity contribution < 1.29 is 51.4 Å². The molecule has 0 saturated heterocycles. The quantitative estimate of drug-likeness (QED) is 0.282. The van der Waals surface area contributed by atoms with Crippen molar-refractivity contribution in [3.05, 3.63) is 30.3 Å². The van der Waals surface area contributed by atoms with E-state index in [2.05, 4.69) is 0 Å². The van der Waals surface area contributed by atoms with Gasteiger partial charge in [-0.15, -0.1) is 0 Å². The van der Waals surface area contributed by atoms with Crippen LogP contribution in [0.1, 0.15) is 0 Å². The smallest absolute Gasteiger partial charge is 0.410 e. The summed E-state index contributed by atoms with van der Waals surface area (Å²) in [6, 6.07) is 9.33. The van der Waals surface area contributed by atoms with E-state index in [4.69, 9.17) is 36.6 Å². The molecule has 0 amide bonds. The molecule has 0 fully saturated rings. The molecule has 1 aromatic carbocycles. The van der Waals surface area contributed by atoms with Gasteiger partial charge in [0.1, 0.15) is 0 Å². The monoisotopic (exact) mass is 241 g/mol. The van der Waals surface area contributed by atoms with E-state index in [-0.39, 0.29) is 55.7 Å². The summed E-state index contributed by atoms with van der Waals surface area (Å²) in [5, 5.41) is 0. The molecule has 0 bridgehead atoms. The summed E-state index contributed by atoms with van der Waals surface area (Å²) in [5.74, 6) is 0. The van der Waals surface area contributed by atoms with Gasteiger partial charge in [0.2, 0.25) is 0 Å². The van der Waals surface area contributed by atoms with Crippen LogP contribution in [0, 0.1) is 0 Å². The Kier molecular flexibility index (Phi) is 7.37. The van der Waals surface area contributed by atoms with E-state index < -0.39 is 0 Å². The van der Waals surface area contributed by atoms with Crippen molar-refractivity contribution in [3.8, 4) is 0 Å². The second-order valence-electron chi connectivity index (χ2n) is 1.88. The van der Waals surface area contributed by atoms with Gasteiger partial charge in [0.25, 0.3) is 0 Å². The van der Waals surface area contributed by atoms with Gasteiger partial charge in [-0.3, -0.25) is 4.42 Å². The van der Waals surface area contributed by atoms with E-state index in [9.17, 15) is 0 Å². The van der Waals surface area contributed by atoms with Crippen LogP contribution < -0.4 is 55.8 Å². The van der Waals surface area contributed by atoms with Gasteiger partial charge >= 0.3 is 51.4 Å². The zero-order valence-electron chi connectivity index (χ0n) is 6.53. The van der Waals surface area contributed by atoms with E-state index in [1.54, 1.807) is 0 Å². The molecule has 1 rings (SSSR count). The third-order valence-electron chi connectivity index (χ3n) is 1.14. The number of hydrogen-bond donors (Lipinski definition) is 0. The van der Waals surface area contributed by atoms with E-state index in [1.165, 1.54) is 4.42 Å². The Morgan fingerprint density at radius 1 is 1.33 bits per heavy atom. The van der Waals surface area contributed by atoms with Crippen molar-refractivity contribution in [3.63, 3.8) is 0 Å². The number of rotatable bonds is 1. The maximum absolute atomic E-state index is 5.73. The molecule has 58 valence electrons. The minimum absolute atomic E-state index is 0. The first kappa shape index (κ1) is 13.3. The van der Waals surface area contributed by atoms with Crippen molar-refractivity contribution in [2.75, 3.05) is 4.42 Å². The predicted molar refractivity (Wildman–Crippen MR) is 54.7 cm³/mol. The van der Waals surface area contributed by atoms with Crippen molar-refractivity contribution in [2.24, 2.45) is 0 Å². The summed E-state index contributed by atoms with van der Waals surface area (Å²) in [7, 11) is 0. The Hall–Kier alpha value is 1.26. The van der Waals surface area contributed by atoms with Gasteiger partial charge in [-0.05, 0) is 16.5 Å². The van der Waals surface area contributed by atoms with Crippen molar-refractivity contribution in [1.29, 1.82) is 0 Å². The number of benzene rings is 1. The normalized spacial score (nSPS) is 8.42. The zero-order chi connectivity index (χ0) is 8.27. The second kappa shape index (κ2) is 6.67. The molecule has 0 aromatic heterocycles. The summed E-state index contributed by atoms with van der Waals surface area (Å²) in [6.45, 7) is 0. The van der Waals surface area contributed by atoms with E-state index >= 15 is 0 Å². The molecule has 1 aromatic rings. The fraction of sp³-hybridized carbons (Fsp3) is 0. The molecular weight excluding hydrogens is 237 g/mol. The average molecular weight is 242 g/mol. The summed E-state index contributed by atoms with van der Waals surface area (Å²) in [5.41, 5.74) is 0.800. The van der Waals surface area contributed by atoms with Crippen LogP contribution in [0.4, 0.5) is 5.69 Å². The summed E-state index contributed by atoms with van der Waals surface area (Å²) >= 11 is 15.1. The largest absolute Gasteiger partial charge is 1.00 e. The van der Waals surface area contributed by atoms with Crippen LogP contribution in [0.25, 0.3) is 0 Å². The van der Waals surface area contributed by atoms with E-state index in [0.29, 0.717) is 0 Å². The molecular formula is C7H5ClKNS2. The topological polar surface area (TPSA) is 3.24 Å². The molecule has 0 radical (unpaired) electrons. The third-order valence-corrected chi connectivity index (χ3v) is 2.07. The van der Waals surface area contributed by atoms with Gasteiger partial charge in [-0.25, -0.2) is 0 Å². The molecule has 0 unspecified atom stereocenters. The van der Waals surface area contributed by atoms with Gasteiger partial charge in [0, 0.05) is 11.8 Å². The van der Waals surface area contributed by atoms with Crippen LogP contribution in [0.2, 0.25) is 0 Å². The SMILES string of the molecule is S=C([S-])N(Cl)c1ccccc1.[K+]. The van der Waals surface area contributed by atoms with Crippen LogP contribution in [-0.4, -0.2) is 4.32 Å². The molecule has 0 heterocycles. The summed E-state index contributed by atoms with van der Waals surface area (Å²) < 4.78 is 1.50. The maximum Gasteiger partial charge on any atom is 1.00 e. The summed E-state index contributed by atoms with van der Waals surface area (Å²) in [6.07, 6.45) is 0. The first-order valence-electron chi connectivity index (χ1n) is 2.94. The Labute approximate surface area is 130 Å². The van der Waals surface area contributed by atoms with Crippen LogP contribution in [0.3, 0.4) is 0 Å². The van der Waals surface area contributed by atoms with E-state index in [0.717, 1.165) is 5.69 Å². The van der Waals surface area contributed by atoms with Crippen molar-refractivity contribution in [1.82, 2.24) is 0 Å². The average Bonchev–Trinajstić information content (AvgIpc) is 2.05.